The smallest absolute Gasteiger partial charge is 0.260 e. The van der Waals surface area contributed by atoms with Gasteiger partial charge in [0, 0.05) is 99.8 Å². The lowest BCUT2D eigenvalue weighted by Gasteiger charge is -2.43. The molecule has 410 valence electrons. The molecule has 0 spiro atoms. The van der Waals surface area contributed by atoms with Crippen LogP contribution in [0.1, 0.15) is 94.7 Å². The van der Waals surface area contributed by atoms with E-state index in [1.165, 1.54) is 22.3 Å². The number of nitrogens with zero attached hydrogens (tertiary/aromatic N) is 10. The van der Waals surface area contributed by atoms with Crippen molar-refractivity contribution in [2.24, 2.45) is 5.92 Å². The van der Waals surface area contributed by atoms with Gasteiger partial charge in [0.2, 0.25) is 17.7 Å². The highest BCUT2D eigenvalue weighted by molar-refractivity contribution is 7.13. The van der Waals surface area contributed by atoms with Gasteiger partial charge in [0.1, 0.15) is 23.8 Å². The first-order chi connectivity index (χ1) is 37.7. The number of thiazole rings is 1. The number of aryl methyl sites for hydroxylation is 1. The predicted molar refractivity (Wildman–Crippen MR) is 290 cm³/mol. The minimum absolute atomic E-state index is 0.00467. The zero-order valence-corrected chi connectivity index (χ0v) is 45.0. The summed E-state index contributed by atoms with van der Waals surface area (Å²) in [6.45, 7) is 9.86. The van der Waals surface area contributed by atoms with E-state index in [2.05, 4.69) is 51.5 Å². The number of nitrogens with one attached hydrogen (secondary N) is 1. The number of para-hydroxylation sites is 1. The Bertz CT molecular complexity index is 3090. The summed E-state index contributed by atoms with van der Waals surface area (Å²) in [5.41, 5.74) is 13.8. The number of anilines is 3. The Morgan fingerprint density at radius 1 is 0.872 bits per heavy atom. The fourth-order valence-electron chi connectivity index (χ4n) is 11.7. The number of ether oxygens (including phenoxy) is 3. The van der Waals surface area contributed by atoms with Gasteiger partial charge >= 0.3 is 0 Å². The Morgan fingerprint density at radius 2 is 1.65 bits per heavy atom. The first-order valence-corrected chi connectivity index (χ1v) is 27.9. The van der Waals surface area contributed by atoms with Crippen molar-refractivity contribution < 1.29 is 43.3 Å². The number of aromatic nitrogens is 6. The lowest BCUT2D eigenvalue weighted by atomic mass is 9.91. The number of aliphatic hydroxyl groups is 1. The van der Waals surface area contributed by atoms with Crippen LogP contribution in [0.5, 0.6) is 17.5 Å². The number of carbonyl (C=O) groups excluding carboxylic acids is 3. The van der Waals surface area contributed by atoms with Crippen molar-refractivity contribution in [3.63, 3.8) is 0 Å². The van der Waals surface area contributed by atoms with E-state index < -0.39 is 24.1 Å². The highest BCUT2D eigenvalue weighted by atomic mass is 32.1. The third-order valence-electron chi connectivity index (χ3n) is 15.9. The number of aromatic hydroxyl groups is 1. The van der Waals surface area contributed by atoms with Crippen molar-refractivity contribution in [1.82, 2.24) is 45.4 Å². The zero-order valence-electron chi connectivity index (χ0n) is 44.2. The summed E-state index contributed by atoms with van der Waals surface area (Å²) < 4.78 is 24.3. The molecule has 6 atom stereocenters. The van der Waals surface area contributed by atoms with Crippen LogP contribution in [0.2, 0.25) is 0 Å². The number of fused-ring (bicyclic) bond motifs is 2. The van der Waals surface area contributed by atoms with Crippen molar-refractivity contribution in [1.29, 1.82) is 0 Å². The number of pyridine rings is 2. The van der Waals surface area contributed by atoms with E-state index in [4.69, 9.17) is 24.5 Å². The maximum Gasteiger partial charge on any atom is 0.260 e. The number of piperidine rings is 1. The van der Waals surface area contributed by atoms with Gasteiger partial charge in [-0.3, -0.25) is 19.4 Å². The number of β-amino-alcohol motifs (C(OH)–C–C–N with tert-alkyl or cyclic N) is 1. The van der Waals surface area contributed by atoms with Crippen LogP contribution in [0, 0.1) is 12.8 Å². The molecule has 1 aromatic carbocycles. The van der Waals surface area contributed by atoms with Crippen LogP contribution < -0.4 is 30.3 Å². The number of likely N-dealkylation sites (tertiary alicyclic amines) is 2. The first-order valence-electron chi connectivity index (χ1n) is 27.0. The maximum absolute atomic E-state index is 14.2. The van der Waals surface area contributed by atoms with Crippen LogP contribution in [0.15, 0.2) is 83.1 Å². The largest absolute Gasteiger partial charge is 0.507 e. The lowest BCUT2D eigenvalue weighted by molar-refractivity contribution is -0.141. The third kappa shape index (κ3) is 11.1. The number of carbonyl (C=O) groups is 3. The van der Waals surface area contributed by atoms with Crippen LogP contribution >= 0.6 is 11.3 Å². The molecule has 0 radical (unpaired) electrons. The molecule has 1 saturated carbocycles. The zero-order chi connectivity index (χ0) is 54.2. The first kappa shape index (κ1) is 52.6. The number of amides is 3. The standard InChI is InChI=1S/C56H66N12O9S/c1-31(2)52(56(73)67-28-38(69)20-46(67)55(72)61-32(3)34-9-12-43(59-25-34)53-33(4)60-30-78-53)48-24-50(64-77-48)74-29-51(71)65-17-14-39(15-18-65)75-40-21-41(22-40)76-49-19-35(13-16-58-49)68-36-10-11-37(68)27-66(26-36)45-23-44(62-63-54(45)57)42-7-5-6-8-47(42)70/h5-9,12-13,16,19,23-25,30-32,36-41,46,52,69-70H,10-11,14-15,17-18,20-22,26-29H2,1-4H3,(H2,57,63)(H,61,72)/t32-,36?,37?,38+,40-,41-,46-,52-/m0/s1. The number of phenolic OH excluding ortho intramolecular Hbond substituents is 1. The molecule has 2 unspecified atom stereocenters. The average molecular weight is 1080 g/mol. The van der Waals surface area contributed by atoms with Gasteiger partial charge in [0.15, 0.2) is 18.2 Å². The Hall–Kier alpha value is -7.43. The molecule has 78 heavy (non-hydrogen) atoms. The summed E-state index contributed by atoms with van der Waals surface area (Å²) in [7, 11) is 0. The number of nitrogens with two attached hydrogens (primary N) is 1. The van der Waals surface area contributed by atoms with E-state index >= 15 is 0 Å². The minimum Gasteiger partial charge on any atom is -0.507 e. The fourth-order valence-corrected chi connectivity index (χ4v) is 12.5. The van der Waals surface area contributed by atoms with Crippen molar-refractivity contribution in [2.45, 2.75) is 127 Å². The second kappa shape index (κ2) is 22.5. The minimum atomic E-state index is -0.898. The molecule has 4 aliphatic heterocycles. The van der Waals surface area contributed by atoms with Gasteiger partial charge in [-0.1, -0.05) is 32.0 Å². The molecule has 6 aromatic rings. The number of benzene rings is 1. The van der Waals surface area contributed by atoms with Crippen LogP contribution in [0.25, 0.3) is 21.8 Å². The summed E-state index contributed by atoms with van der Waals surface area (Å²) in [5, 5.41) is 36.8. The Kier molecular flexibility index (Phi) is 15.2. The SMILES string of the molecule is Cc1ncsc1-c1ccc([C@H](C)NC(=O)[C@@H]2C[C@@H](O)CN2C(=O)[C@H](c2cc(OCC(=O)N3CCC(O[C@H]4C[C@H](Oc5cc(N6C7CCC6CN(c6cc(-c8ccccc8O)nnc6N)C7)ccn5)C4)CC3)no2)C(C)C)cn1. The van der Waals surface area contributed by atoms with Gasteiger partial charge in [-0.05, 0) is 86.5 Å². The summed E-state index contributed by atoms with van der Waals surface area (Å²) >= 11 is 1.52. The predicted octanol–water partition coefficient (Wildman–Crippen LogP) is 6.07. The number of hydrogen-bond donors (Lipinski definition) is 4. The van der Waals surface area contributed by atoms with Crippen LogP contribution in [-0.2, 0) is 19.1 Å². The van der Waals surface area contributed by atoms with Gasteiger partial charge < -0.3 is 59.6 Å². The molecule has 3 amide bonds. The Balaban J connectivity index is 0.611. The molecule has 21 nitrogen and oxygen atoms in total. The second-order valence-corrected chi connectivity index (χ2v) is 22.4. The van der Waals surface area contributed by atoms with E-state index in [1.54, 1.807) is 28.7 Å². The molecular formula is C56H66N12O9S. The molecule has 5 aliphatic rings. The van der Waals surface area contributed by atoms with Gasteiger partial charge in [-0.25, -0.2) is 9.97 Å². The topological polar surface area (TPSA) is 261 Å². The Morgan fingerprint density at radius 3 is 2.37 bits per heavy atom. The molecule has 2 bridgehead atoms. The quantitative estimate of drug-likeness (QED) is 0.0807. The summed E-state index contributed by atoms with van der Waals surface area (Å²) in [6.07, 6.45) is 7.84. The highest BCUT2D eigenvalue weighted by Gasteiger charge is 2.45. The molecule has 22 heteroatoms. The molecule has 5 aromatic heterocycles. The molecule has 9 heterocycles. The molecule has 1 aliphatic carbocycles. The van der Waals surface area contributed by atoms with E-state index in [1.807, 2.05) is 70.3 Å². The number of phenols is 1. The molecule has 5 fully saturated rings. The molecule has 4 saturated heterocycles. The van der Waals surface area contributed by atoms with Crippen LogP contribution in [-0.4, -0.2) is 150 Å². The fraction of sp³-hybridized carbons (Fsp3) is 0.482. The van der Waals surface area contributed by atoms with Crippen molar-refractivity contribution in [2.75, 3.05) is 54.9 Å². The Labute approximate surface area is 456 Å². The summed E-state index contributed by atoms with van der Waals surface area (Å²) in [4.78, 5) is 63.7. The molecular weight excluding hydrogens is 1020 g/mol. The van der Waals surface area contributed by atoms with E-state index in [0.717, 1.165) is 72.0 Å². The number of hydrogen-bond acceptors (Lipinski definition) is 19. The second-order valence-electron chi connectivity index (χ2n) is 21.6. The van der Waals surface area contributed by atoms with Gasteiger partial charge in [0.05, 0.1) is 57.5 Å². The van der Waals surface area contributed by atoms with Crippen molar-refractivity contribution in [3.8, 4) is 39.3 Å². The molecule has 11 rings (SSSR count). The van der Waals surface area contributed by atoms with Gasteiger partial charge in [0.25, 0.3) is 11.8 Å². The van der Waals surface area contributed by atoms with Crippen molar-refractivity contribution in [3.05, 3.63) is 95.6 Å². The van der Waals surface area contributed by atoms with E-state index in [-0.39, 0.29) is 91.0 Å². The number of rotatable bonds is 17. The summed E-state index contributed by atoms with van der Waals surface area (Å²) in [5.74, 6) is -0.601. The van der Waals surface area contributed by atoms with Crippen molar-refractivity contribution >= 4 is 46.3 Å². The summed E-state index contributed by atoms with van der Waals surface area (Å²) in [6, 6.07) is 17.7. The monoisotopic (exact) mass is 1080 g/mol. The van der Waals surface area contributed by atoms with Gasteiger partial charge in [-0.15, -0.1) is 21.5 Å². The normalized spacial score (nSPS) is 23.1. The third-order valence-corrected chi connectivity index (χ3v) is 16.9. The number of aliphatic hydroxyl groups excluding tert-OH is 1. The number of nitrogen functional groups attached to an aromatic ring is 1. The van der Waals surface area contributed by atoms with Crippen LogP contribution in [0.3, 0.4) is 0 Å². The highest BCUT2D eigenvalue weighted by Crippen LogP contribution is 2.41. The van der Waals surface area contributed by atoms with E-state index in [0.29, 0.717) is 48.9 Å². The maximum atomic E-state index is 14.2. The van der Waals surface area contributed by atoms with Crippen LogP contribution in [0.4, 0.5) is 17.2 Å². The van der Waals surface area contributed by atoms with E-state index in [9.17, 15) is 24.6 Å². The molecule has 5 N–H and O–H groups in total. The average Bonchev–Trinajstić information content (AvgIpc) is 4.31. The lowest BCUT2D eigenvalue weighted by Crippen LogP contribution is -2.54. The van der Waals surface area contributed by atoms with Gasteiger partial charge in [-0.2, -0.15) is 0 Å². The number of piperazine rings is 1.